The van der Waals surface area contributed by atoms with Gasteiger partial charge in [0.1, 0.15) is 5.82 Å². The number of aromatic nitrogens is 1. The smallest absolute Gasteiger partial charge is 0.311 e. The molecule has 110 valence electrons. The van der Waals surface area contributed by atoms with Gasteiger partial charge in [0.15, 0.2) is 0 Å². The zero-order valence-electron chi connectivity index (χ0n) is 11.8. The number of nitrogens with one attached hydrogen (secondary N) is 2. The standard InChI is InChI=1S/C14H17N5O2/c1-9(2)10-5-3-4-6-11(10)16-14-12(19(20)21)7-8-13(17-14)18-15/h3-9H,15H2,1-2H3,(H2,16,17,18). The summed E-state index contributed by atoms with van der Waals surface area (Å²) in [5.74, 6) is 6.10. The topological polar surface area (TPSA) is 106 Å². The summed E-state index contributed by atoms with van der Waals surface area (Å²) >= 11 is 0. The van der Waals surface area contributed by atoms with E-state index in [2.05, 4.69) is 29.6 Å². The molecule has 0 spiro atoms. The maximum atomic E-state index is 11.1. The molecule has 0 aliphatic carbocycles. The van der Waals surface area contributed by atoms with Crippen LogP contribution in [0.1, 0.15) is 25.3 Å². The van der Waals surface area contributed by atoms with E-state index in [0.29, 0.717) is 5.82 Å². The van der Waals surface area contributed by atoms with Gasteiger partial charge >= 0.3 is 5.69 Å². The maximum Gasteiger partial charge on any atom is 0.311 e. The first kappa shape index (κ1) is 14.7. The predicted octanol–water partition coefficient (Wildman–Crippen LogP) is 3.14. The van der Waals surface area contributed by atoms with Crippen LogP contribution < -0.4 is 16.6 Å². The van der Waals surface area contributed by atoms with E-state index in [1.54, 1.807) is 0 Å². The van der Waals surface area contributed by atoms with Crippen molar-refractivity contribution in [3.8, 4) is 0 Å². The second-order valence-corrected chi connectivity index (χ2v) is 4.83. The molecule has 0 unspecified atom stereocenters. The molecule has 1 aromatic carbocycles. The summed E-state index contributed by atoms with van der Waals surface area (Å²) in [6.07, 6.45) is 0. The molecule has 0 amide bonds. The molecule has 0 atom stereocenters. The Kier molecular flexibility index (Phi) is 4.34. The number of nitro groups is 1. The monoisotopic (exact) mass is 287 g/mol. The number of pyridine rings is 1. The van der Waals surface area contributed by atoms with Gasteiger partial charge in [-0.2, -0.15) is 0 Å². The van der Waals surface area contributed by atoms with Gasteiger partial charge in [-0.1, -0.05) is 32.0 Å². The third-order valence-electron chi connectivity index (χ3n) is 3.05. The molecule has 2 rings (SSSR count). The number of para-hydroxylation sites is 1. The van der Waals surface area contributed by atoms with Crippen LogP contribution in [0.2, 0.25) is 0 Å². The molecule has 0 bridgehead atoms. The number of hydrogen-bond acceptors (Lipinski definition) is 6. The van der Waals surface area contributed by atoms with Crippen molar-refractivity contribution in [2.75, 3.05) is 10.7 Å². The molecule has 2 aromatic rings. The first-order valence-corrected chi connectivity index (χ1v) is 6.51. The van der Waals surface area contributed by atoms with Gasteiger partial charge in [0, 0.05) is 11.8 Å². The zero-order valence-corrected chi connectivity index (χ0v) is 11.8. The van der Waals surface area contributed by atoms with Crippen molar-refractivity contribution in [3.05, 3.63) is 52.1 Å². The maximum absolute atomic E-state index is 11.1. The molecule has 0 radical (unpaired) electrons. The summed E-state index contributed by atoms with van der Waals surface area (Å²) in [6.45, 7) is 4.11. The number of nitrogens with zero attached hydrogens (tertiary/aromatic N) is 2. The van der Waals surface area contributed by atoms with Crippen molar-refractivity contribution in [1.29, 1.82) is 0 Å². The van der Waals surface area contributed by atoms with Crippen LogP contribution in [-0.2, 0) is 0 Å². The highest BCUT2D eigenvalue weighted by Crippen LogP contribution is 2.31. The summed E-state index contributed by atoms with van der Waals surface area (Å²) < 4.78 is 0. The third kappa shape index (κ3) is 3.26. The van der Waals surface area contributed by atoms with Crippen LogP contribution in [0, 0.1) is 10.1 Å². The van der Waals surface area contributed by atoms with Crippen LogP contribution in [-0.4, -0.2) is 9.91 Å². The molecule has 0 saturated heterocycles. The third-order valence-corrected chi connectivity index (χ3v) is 3.05. The summed E-state index contributed by atoms with van der Waals surface area (Å²) in [7, 11) is 0. The second-order valence-electron chi connectivity index (χ2n) is 4.83. The van der Waals surface area contributed by atoms with E-state index in [9.17, 15) is 10.1 Å². The molecule has 21 heavy (non-hydrogen) atoms. The van der Waals surface area contributed by atoms with Crippen LogP contribution in [0.15, 0.2) is 36.4 Å². The minimum absolute atomic E-state index is 0.104. The lowest BCUT2D eigenvalue weighted by atomic mass is 10.0. The van der Waals surface area contributed by atoms with Gasteiger partial charge < -0.3 is 10.7 Å². The summed E-state index contributed by atoms with van der Waals surface area (Å²) in [5, 5.41) is 14.1. The second kappa shape index (κ2) is 6.19. The van der Waals surface area contributed by atoms with Crippen LogP contribution in [0.5, 0.6) is 0 Å². The van der Waals surface area contributed by atoms with Gasteiger partial charge in [0.25, 0.3) is 0 Å². The Hall–Kier alpha value is -2.67. The SMILES string of the molecule is CC(C)c1ccccc1Nc1nc(NN)ccc1[N+](=O)[O-]. The fraction of sp³-hybridized carbons (Fsp3) is 0.214. The van der Waals surface area contributed by atoms with Crippen molar-refractivity contribution in [2.24, 2.45) is 5.84 Å². The van der Waals surface area contributed by atoms with Gasteiger partial charge in [0.2, 0.25) is 5.82 Å². The molecule has 7 nitrogen and oxygen atoms in total. The molecular formula is C14H17N5O2. The lowest BCUT2D eigenvalue weighted by molar-refractivity contribution is -0.384. The predicted molar refractivity (Wildman–Crippen MR) is 82.5 cm³/mol. The lowest BCUT2D eigenvalue weighted by Crippen LogP contribution is -2.10. The van der Waals surface area contributed by atoms with Gasteiger partial charge in [0.05, 0.1) is 4.92 Å². The van der Waals surface area contributed by atoms with Crippen molar-refractivity contribution >= 4 is 23.0 Å². The van der Waals surface area contributed by atoms with Crippen LogP contribution in [0.25, 0.3) is 0 Å². The fourth-order valence-electron chi connectivity index (χ4n) is 2.01. The Labute approximate surface area is 122 Å². The van der Waals surface area contributed by atoms with E-state index < -0.39 is 4.92 Å². The number of hydrazine groups is 1. The Morgan fingerprint density at radius 3 is 2.57 bits per heavy atom. The van der Waals surface area contributed by atoms with E-state index in [4.69, 9.17) is 5.84 Å². The van der Waals surface area contributed by atoms with Crippen LogP contribution >= 0.6 is 0 Å². The molecule has 0 aliphatic heterocycles. The van der Waals surface area contributed by atoms with E-state index >= 15 is 0 Å². The quantitative estimate of drug-likeness (QED) is 0.443. The Morgan fingerprint density at radius 2 is 1.95 bits per heavy atom. The largest absolute Gasteiger partial charge is 0.334 e. The number of benzene rings is 1. The van der Waals surface area contributed by atoms with E-state index in [1.165, 1.54) is 12.1 Å². The molecular weight excluding hydrogens is 270 g/mol. The minimum atomic E-state index is -0.479. The summed E-state index contributed by atoms with van der Waals surface area (Å²) in [4.78, 5) is 14.7. The Balaban J connectivity index is 2.45. The van der Waals surface area contributed by atoms with Gasteiger partial charge in [-0.3, -0.25) is 10.1 Å². The number of hydrogen-bond donors (Lipinski definition) is 3. The van der Waals surface area contributed by atoms with Gasteiger partial charge in [-0.25, -0.2) is 10.8 Å². The number of nitrogen functional groups attached to an aromatic ring is 1. The Bertz CT molecular complexity index is 658. The highest BCUT2D eigenvalue weighted by molar-refractivity contribution is 5.69. The number of nitrogens with two attached hydrogens (primary N) is 1. The van der Waals surface area contributed by atoms with E-state index in [-0.39, 0.29) is 17.4 Å². The normalized spacial score (nSPS) is 10.5. The fourth-order valence-corrected chi connectivity index (χ4v) is 2.01. The Morgan fingerprint density at radius 1 is 1.24 bits per heavy atom. The number of rotatable bonds is 5. The van der Waals surface area contributed by atoms with Gasteiger partial charge in [-0.15, -0.1) is 0 Å². The van der Waals surface area contributed by atoms with Crippen LogP contribution in [0.4, 0.5) is 23.0 Å². The van der Waals surface area contributed by atoms with E-state index in [1.807, 2.05) is 24.3 Å². The van der Waals surface area contributed by atoms with Crippen molar-refractivity contribution < 1.29 is 4.92 Å². The van der Waals surface area contributed by atoms with Crippen molar-refractivity contribution in [2.45, 2.75) is 19.8 Å². The lowest BCUT2D eigenvalue weighted by Gasteiger charge is -2.14. The first-order chi connectivity index (χ1) is 10.0. The molecule has 1 aromatic heterocycles. The molecule has 1 heterocycles. The highest BCUT2D eigenvalue weighted by Gasteiger charge is 2.17. The summed E-state index contributed by atoms with van der Waals surface area (Å²) in [5.41, 5.74) is 4.12. The highest BCUT2D eigenvalue weighted by atomic mass is 16.6. The molecule has 0 aliphatic rings. The first-order valence-electron chi connectivity index (χ1n) is 6.51. The zero-order chi connectivity index (χ0) is 15.4. The molecule has 7 heteroatoms. The van der Waals surface area contributed by atoms with Crippen molar-refractivity contribution in [1.82, 2.24) is 4.98 Å². The minimum Gasteiger partial charge on any atom is -0.334 e. The average molecular weight is 287 g/mol. The number of anilines is 3. The molecule has 0 fully saturated rings. The van der Waals surface area contributed by atoms with Crippen molar-refractivity contribution in [3.63, 3.8) is 0 Å². The molecule has 0 saturated carbocycles. The average Bonchev–Trinajstić information content (AvgIpc) is 2.47. The van der Waals surface area contributed by atoms with Crippen LogP contribution in [0.3, 0.4) is 0 Å². The van der Waals surface area contributed by atoms with Gasteiger partial charge in [-0.05, 0) is 23.6 Å². The van der Waals surface area contributed by atoms with E-state index in [0.717, 1.165) is 11.3 Å². The molecule has 4 N–H and O–H groups in total. The summed E-state index contributed by atoms with van der Waals surface area (Å²) in [6, 6.07) is 10.5.